The number of nitrogens with one attached hydrogen (secondary N) is 1. The van der Waals surface area contributed by atoms with Gasteiger partial charge in [-0.1, -0.05) is 26.0 Å². The fourth-order valence-corrected chi connectivity index (χ4v) is 2.55. The molecule has 0 saturated heterocycles. The molecular formula is C13H18BrNOS. The molecule has 1 amide bonds. The lowest BCUT2D eigenvalue weighted by atomic mass is 10.1. The molecular weight excluding hydrogens is 298 g/mol. The summed E-state index contributed by atoms with van der Waals surface area (Å²) < 4.78 is 1.04. The maximum atomic E-state index is 11.7. The van der Waals surface area contributed by atoms with Crippen LogP contribution in [0.4, 0.5) is 0 Å². The minimum Gasteiger partial charge on any atom is -0.353 e. The van der Waals surface area contributed by atoms with Crippen molar-refractivity contribution in [2.75, 3.05) is 5.75 Å². The largest absolute Gasteiger partial charge is 0.353 e. The lowest BCUT2D eigenvalue weighted by Crippen LogP contribution is -2.37. The van der Waals surface area contributed by atoms with E-state index in [1.807, 2.05) is 31.2 Å². The van der Waals surface area contributed by atoms with Crippen LogP contribution in [0.15, 0.2) is 33.6 Å². The maximum absolute atomic E-state index is 11.7. The molecule has 0 fully saturated rings. The third-order valence-corrected chi connectivity index (χ3v) is 4.61. The van der Waals surface area contributed by atoms with E-state index in [1.165, 1.54) is 0 Å². The fraction of sp³-hybridized carbons (Fsp3) is 0.462. The normalized spacial score (nSPS) is 12.5. The fourth-order valence-electron chi connectivity index (χ4n) is 1.17. The molecule has 1 atom stereocenters. The molecule has 1 aromatic carbocycles. The van der Waals surface area contributed by atoms with Gasteiger partial charge in [-0.15, -0.1) is 11.8 Å². The second-order valence-electron chi connectivity index (χ2n) is 4.32. The van der Waals surface area contributed by atoms with Gasteiger partial charge in [-0.05, 0) is 40.9 Å². The van der Waals surface area contributed by atoms with Gasteiger partial charge in [0.2, 0.25) is 5.91 Å². The Balaban J connectivity index is 2.41. The number of amides is 1. The lowest BCUT2D eigenvalue weighted by molar-refractivity contribution is -0.119. The van der Waals surface area contributed by atoms with Crippen molar-refractivity contribution in [1.29, 1.82) is 0 Å². The maximum Gasteiger partial charge on any atom is 0.230 e. The smallest absolute Gasteiger partial charge is 0.230 e. The molecule has 0 saturated carbocycles. The lowest BCUT2D eigenvalue weighted by Gasteiger charge is -2.17. The van der Waals surface area contributed by atoms with Crippen molar-refractivity contribution in [3.63, 3.8) is 0 Å². The zero-order chi connectivity index (χ0) is 12.8. The molecule has 4 heteroatoms. The van der Waals surface area contributed by atoms with Gasteiger partial charge in [0.1, 0.15) is 0 Å². The van der Waals surface area contributed by atoms with Crippen LogP contribution >= 0.6 is 27.7 Å². The standard InChI is InChI=1S/C13H18BrNOS/c1-9(2)10(3)15-13(16)8-17-12-7-5-4-6-11(12)14/h4-7,9-10H,8H2,1-3H3,(H,15,16). The Morgan fingerprint density at radius 1 is 1.35 bits per heavy atom. The number of carbonyl (C=O) groups is 1. The van der Waals surface area contributed by atoms with E-state index in [0.717, 1.165) is 9.37 Å². The predicted octanol–water partition coefficient (Wildman–Crippen LogP) is 3.70. The van der Waals surface area contributed by atoms with Gasteiger partial charge >= 0.3 is 0 Å². The molecule has 1 aromatic rings. The summed E-state index contributed by atoms with van der Waals surface area (Å²) in [6.07, 6.45) is 0. The molecule has 1 unspecified atom stereocenters. The van der Waals surface area contributed by atoms with Gasteiger partial charge in [-0.2, -0.15) is 0 Å². The zero-order valence-corrected chi connectivity index (χ0v) is 12.8. The predicted molar refractivity (Wildman–Crippen MR) is 77.3 cm³/mol. The average molecular weight is 316 g/mol. The number of benzene rings is 1. The van der Waals surface area contributed by atoms with Crippen molar-refractivity contribution in [2.24, 2.45) is 5.92 Å². The Bertz CT molecular complexity index is 381. The first-order valence-corrected chi connectivity index (χ1v) is 7.45. The number of hydrogen-bond donors (Lipinski definition) is 1. The molecule has 0 bridgehead atoms. The molecule has 0 aromatic heterocycles. The summed E-state index contributed by atoms with van der Waals surface area (Å²) in [5.74, 6) is 1.01. The second-order valence-corrected chi connectivity index (χ2v) is 6.19. The first-order valence-electron chi connectivity index (χ1n) is 5.67. The van der Waals surface area contributed by atoms with Crippen LogP contribution in [0.5, 0.6) is 0 Å². The van der Waals surface area contributed by atoms with Gasteiger partial charge in [-0.25, -0.2) is 0 Å². The molecule has 0 radical (unpaired) electrons. The van der Waals surface area contributed by atoms with Crippen molar-refractivity contribution in [2.45, 2.75) is 31.7 Å². The molecule has 17 heavy (non-hydrogen) atoms. The van der Waals surface area contributed by atoms with E-state index in [0.29, 0.717) is 11.7 Å². The van der Waals surface area contributed by atoms with Crippen LogP contribution in [0, 0.1) is 5.92 Å². The molecule has 0 aliphatic rings. The van der Waals surface area contributed by atoms with E-state index in [-0.39, 0.29) is 11.9 Å². The summed E-state index contributed by atoms with van der Waals surface area (Å²) >= 11 is 5.02. The number of rotatable bonds is 5. The van der Waals surface area contributed by atoms with Crippen LogP contribution < -0.4 is 5.32 Å². The van der Waals surface area contributed by atoms with E-state index >= 15 is 0 Å². The third kappa shape index (κ3) is 5.13. The van der Waals surface area contributed by atoms with Gasteiger partial charge in [-0.3, -0.25) is 4.79 Å². The first-order chi connectivity index (χ1) is 8.00. The minimum atomic E-state index is 0.0898. The highest BCUT2D eigenvalue weighted by Crippen LogP contribution is 2.26. The monoisotopic (exact) mass is 315 g/mol. The number of halogens is 1. The first kappa shape index (κ1) is 14.6. The molecule has 2 nitrogen and oxygen atoms in total. The van der Waals surface area contributed by atoms with Crippen LogP contribution in [0.1, 0.15) is 20.8 Å². The van der Waals surface area contributed by atoms with Crippen molar-refractivity contribution in [1.82, 2.24) is 5.32 Å². The van der Waals surface area contributed by atoms with Gasteiger partial charge in [0.25, 0.3) is 0 Å². The van der Waals surface area contributed by atoms with Gasteiger partial charge in [0.05, 0.1) is 5.75 Å². The molecule has 1 rings (SSSR count). The minimum absolute atomic E-state index is 0.0898. The van der Waals surface area contributed by atoms with Crippen molar-refractivity contribution < 1.29 is 4.79 Å². The summed E-state index contributed by atoms with van der Waals surface area (Å²) in [5, 5.41) is 2.99. The molecule has 1 N–H and O–H groups in total. The van der Waals surface area contributed by atoms with Crippen molar-refractivity contribution >= 4 is 33.6 Å². The quantitative estimate of drug-likeness (QED) is 0.839. The average Bonchev–Trinajstić information content (AvgIpc) is 2.27. The molecule has 0 aliphatic heterocycles. The van der Waals surface area contributed by atoms with Gasteiger partial charge in [0, 0.05) is 15.4 Å². The van der Waals surface area contributed by atoms with E-state index < -0.39 is 0 Å². The summed E-state index contributed by atoms with van der Waals surface area (Å²) in [7, 11) is 0. The summed E-state index contributed by atoms with van der Waals surface area (Å²) in [6.45, 7) is 6.24. The van der Waals surface area contributed by atoms with E-state index in [9.17, 15) is 4.79 Å². The van der Waals surface area contributed by atoms with Crippen molar-refractivity contribution in [3.8, 4) is 0 Å². The Hall–Kier alpha value is -0.480. The Morgan fingerprint density at radius 3 is 2.59 bits per heavy atom. The summed E-state index contributed by atoms with van der Waals surface area (Å²) in [6, 6.07) is 8.16. The molecule has 0 spiro atoms. The van der Waals surface area contributed by atoms with Crippen LogP contribution in [-0.4, -0.2) is 17.7 Å². The molecule has 0 heterocycles. The highest BCUT2D eigenvalue weighted by atomic mass is 79.9. The zero-order valence-electron chi connectivity index (χ0n) is 10.4. The van der Waals surface area contributed by atoms with Gasteiger partial charge < -0.3 is 5.32 Å². The van der Waals surface area contributed by atoms with Gasteiger partial charge in [0.15, 0.2) is 0 Å². The third-order valence-electron chi connectivity index (χ3n) is 2.58. The number of thioether (sulfide) groups is 1. The highest BCUT2D eigenvalue weighted by molar-refractivity contribution is 9.10. The van der Waals surface area contributed by atoms with Crippen LogP contribution in [0.2, 0.25) is 0 Å². The topological polar surface area (TPSA) is 29.1 Å². The van der Waals surface area contributed by atoms with Crippen LogP contribution in [0.25, 0.3) is 0 Å². The SMILES string of the molecule is CC(C)C(C)NC(=O)CSc1ccccc1Br. The molecule has 94 valence electrons. The van der Waals surface area contributed by atoms with Crippen molar-refractivity contribution in [3.05, 3.63) is 28.7 Å². The van der Waals surface area contributed by atoms with Crippen LogP contribution in [-0.2, 0) is 4.79 Å². The number of hydrogen-bond acceptors (Lipinski definition) is 2. The summed E-state index contributed by atoms with van der Waals surface area (Å²) in [4.78, 5) is 12.8. The highest BCUT2D eigenvalue weighted by Gasteiger charge is 2.11. The Kier molecular flexibility index (Phi) is 6.06. The Labute approximate surface area is 116 Å². The van der Waals surface area contributed by atoms with E-state index in [1.54, 1.807) is 11.8 Å². The van der Waals surface area contributed by atoms with E-state index in [2.05, 4.69) is 35.1 Å². The van der Waals surface area contributed by atoms with Crippen LogP contribution in [0.3, 0.4) is 0 Å². The van der Waals surface area contributed by atoms with E-state index in [4.69, 9.17) is 0 Å². The summed E-state index contributed by atoms with van der Waals surface area (Å²) in [5.41, 5.74) is 0. The Morgan fingerprint density at radius 2 is 2.00 bits per heavy atom. The second kappa shape index (κ2) is 7.07. The molecule has 0 aliphatic carbocycles. The number of carbonyl (C=O) groups excluding carboxylic acids is 1.